The number of esters is 1. The van der Waals surface area contributed by atoms with Crippen LogP contribution in [0.5, 0.6) is 5.75 Å². The van der Waals surface area contributed by atoms with Crippen LogP contribution >= 0.6 is 11.8 Å². The van der Waals surface area contributed by atoms with Gasteiger partial charge in [0.1, 0.15) is 22.9 Å². The van der Waals surface area contributed by atoms with Crippen molar-refractivity contribution in [1.29, 1.82) is 0 Å². The van der Waals surface area contributed by atoms with E-state index in [-0.39, 0.29) is 23.8 Å². The summed E-state index contributed by atoms with van der Waals surface area (Å²) in [7, 11) is 0. The maximum Gasteiger partial charge on any atom is 0.359 e. The van der Waals surface area contributed by atoms with E-state index in [1.165, 1.54) is 16.7 Å². The summed E-state index contributed by atoms with van der Waals surface area (Å²) in [5.41, 5.74) is 1.31. The van der Waals surface area contributed by atoms with Gasteiger partial charge in [-0.25, -0.2) is 4.79 Å². The molecule has 2 aliphatic heterocycles. The van der Waals surface area contributed by atoms with Crippen molar-refractivity contribution < 1.29 is 29.0 Å². The minimum atomic E-state index is -0.841. The van der Waals surface area contributed by atoms with Gasteiger partial charge in [0, 0.05) is 0 Å². The van der Waals surface area contributed by atoms with Crippen LogP contribution in [0, 0.1) is 0 Å². The summed E-state index contributed by atoms with van der Waals surface area (Å²) in [6.07, 6.45) is -0.731. The number of ether oxygens (including phenoxy) is 2. The van der Waals surface area contributed by atoms with Gasteiger partial charge < -0.3 is 19.9 Å². The third kappa shape index (κ3) is 5.17. The summed E-state index contributed by atoms with van der Waals surface area (Å²) < 4.78 is 11.3. The van der Waals surface area contributed by atoms with E-state index in [0.29, 0.717) is 5.75 Å². The van der Waals surface area contributed by atoms with Gasteiger partial charge in [0.25, 0.3) is 11.8 Å². The van der Waals surface area contributed by atoms with Gasteiger partial charge in [0.2, 0.25) is 0 Å². The fraction of sp³-hybridized carbons (Fsp3) is 0.179. The number of rotatable bonds is 8. The quantitative estimate of drug-likeness (QED) is 0.348. The second-order valence-corrected chi connectivity index (χ2v) is 9.56. The molecule has 0 saturated carbocycles. The number of aliphatic hydroxyl groups is 1. The number of nitrogens with zero attached hydrogens (tertiary/aromatic N) is 1. The van der Waals surface area contributed by atoms with E-state index in [9.17, 15) is 19.5 Å². The standard InChI is InChI=1S/C28H24N2O6S/c31-21-17-37-27-23(29-22(32)16-35-20-14-8-3-9-15-20)26(33)30(27)24(21)28(34)36-25(18-10-4-1-5-11-18)19-12-6-2-7-13-19/h1-15,23,25,27,31H,16-17H2,(H,29,32)/t23-,27-/m1/s1. The number of hydrogen-bond donors (Lipinski definition) is 2. The van der Waals surface area contributed by atoms with Crippen molar-refractivity contribution in [3.63, 3.8) is 0 Å². The molecule has 37 heavy (non-hydrogen) atoms. The highest BCUT2D eigenvalue weighted by molar-refractivity contribution is 8.00. The number of fused-ring (bicyclic) bond motifs is 1. The second-order valence-electron chi connectivity index (χ2n) is 8.46. The van der Waals surface area contributed by atoms with Crippen molar-refractivity contribution >= 4 is 29.5 Å². The normalized spacial score (nSPS) is 18.6. The number of nitrogens with one attached hydrogen (secondary N) is 1. The van der Waals surface area contributed by atoms with Gasteiger partial charge in [0.15, 0.2) is 18.4 Å². The summed E-state index contributed by atoms with van der Waals surface area (Å²) in [4.78, 5) is 39.9. The second kappa shape index (κ2) is 10.8. The lowest BCUT2D eigenvalue weighted by molar-refractivity contribution is -0.155. The third-order valence-corrected chi connectivity index (χ3v) is 7.27. The summed E-state index contributed by atoms with van der Waals surface area (Å²) in [5.74, 6) is -1.37. The highest BCUT2D eigenvalue weighted by Gasteiger charge is 2.55. The number of thioether (sulfide) groups is 1. The van der Waals surface area contributed by atoms with Crippen molar-refractivity contribution in [2.75, 3.05) is 12.4 Å². The van der Waals surface area contributed by atoms with Gasteiger partial charge in [-0.1, -0.05) is 78.9 Å². The Bertz CT molecular complexity index is 1280. The van der Waals surface area contributed by atoms with Gasteiger partial charge in [0.05, 0.1) is 5.75 Å². The van der Waals surface area contributed by atoms with Gasteiger partial charge in [-0.05, 0) is 23.3 Å². The number of carbonyl (C=O) groups excluding carboxylic acids is 3. The number of carbonyl (C=O) groups is 3. The molecule has 1 fully saturated rings. The van der Waals surface area contributed by atoms with E-state index in [1.807, 2.05) is 66.7 Å². The monoisotopic (exact) mass is 516 g/mol. The molecule has 3 aromatic carbocycles. The zero-order chi connectivity index (χ0) is 25.8. The molecule has 3 aromatic rings. The van der Waals surface area contributed by atoms with E-state index in [4.69, 9.17) is 9.47 Å². The molecule has 2 aliphatic rings. The lowest BCUT2D eigenvalue weighted by Crippen LogP contribution is -2.71. The smallest absolute Gasteiger partial charge is 0.359 e. The van der Waals surface area contributed by atoms with Crippen molar-refractivity contribution in [3.8, 4) is 5.75 Å². The molecular weight excluding hydrogens is 492 g/mol. The molecule has 2 amide bonds. The van der Waals surface area contributed by atoms with Crippen LogP contribution in [0.1, 0.15) is 17.2 Å². The molecule has 1 saturated heterocycles. The van der Waals surface area contributed by atoms with Gasteiger partial charge in [-0.15, -0.1) is 11.8 Å². The zero-order valence-corrected chi connectivity index (χ0v) is 20.5. The first-order valence-corrected chi connectivity index (χ1v) is 12.7. The molecule has 0 radical (unpaired) electrons. The first-order chi connectivity index (χ1) is 18.0. The largest absolute Gasteiger partial charge is 0.509 e. The predicted molar refractivity (Wildman–Crippen MR) is 137 cm³/mol. The highest BCUT2D eigenvalue weighted by Crippen LogP contribution is 2.41. The van der Waals surface area contributed by atoms with Crippen molar-refractivity contribution in [1.82, 2.24) is 10.2 Å². The van der Waals surface area contributed by atoms with Crippen LogP contribution in [0.15, 0.2) is 102 Å². The lowest BCUT2D eigenvalue weighted by Gasteiger charge is -2.48. The fourth-order valence-corrected chi connectivity index (χ4v) is 5.42. The maximum absolute atomic E-state index is 13.3. The molecule has 188 valence electrons. The SMILES string of the molecule is O=C(COc1ccccc1)N[C@@H]1C(=O)N2C(C(=O)OC(c3ccccc3)c3ccccc3)=C(O)CS[C@H]12. The van der Waals surface area contributed by atoms with E-state index in [2.05, 4.69) is 5.32 Å². The summed E-state index contributed by atoms with van der Waals surface area (Å²) in [6.45, 7) is -0.253. The number of benzene rings is 3. The molecular formula is C28H24N2O6S. The Labute approximate surface area is 217 Å². The Kier molecular flexibility index (Phi) is 7.14. The Balaban J connectivity index is 1.28. The van der Waals surface area contributed by atoms with Crippen LogP contribution in [0.3, 0.4) is 0 Å². The molecule has 9 heteroatoms. The molecule has 2 N–H and O–H groups in total. The van der Waals surface area contributed by atoms with Gasteiger partial charge in [-0.3, -0.25) is 14.5 Å². The highest BCUT2D eigenvalue weighted by atomic mass is 32.2. The summed E-state index contributed by atoms with van der Waals surface area (Å²) >= 11 is 1.26. The minimum absolute atomic E-state index is 0.104. The summed E-state index contributed by atoms with van der Waals surface area (Å²) in [6, 6.07) is 26.5. The van der Waals surface area contributed by atoms with Crippen LogP contribution in [-0.2, 0) is 19.1 Å². The number of para-hydroxylation sites is 1. The molecule has 2 heterocycles. The number of aliphatic hydroxyl groups excluding tert-OH is 1. The van der Waals surface area contributed by atoms with Crippen LogP contribution in [0.4, 0.5) is 0 Å². The van der Waals surface area contributed by atoms with E-state index < -0.39 is 35.3 Å². The van der Waals surface area contributed by atoms with Crippen LogP contribution in [0.25, 0.3) is 0 Å². The van der Waals surface area contributed by atoms with Gasteiger partial charge in [-0.2, -0.15) is 0 Å². The molecule has 0 spiro atoms. The number of hydrogen-bond acceptors (Lipinski definition) is 7. The van der Waals surface area contributed by atoms with Crippen LogP contribution < -0.4 is 10.1 Å². The minimum Gasteiger partial charge on any atom is -0.509 e. The Morgan fingerprint density at radius 1 is 0.946 bits per heavy atom. The lowest BCUT2D eigenvalue weighted by atomic mass is 10.0. The molecule has 5 rings (SSSR count). The average molecular weight is 517 g/mol. The maximum atomic E-state index is 13.3. The topological polar surface area (TPSA) is 105 Å². The van der Waals surface area contributed by atoms with E-state index in [0.717, 1.165) is 11.1 Å². The van der Waals surface area contributed by atoms with Crippen LogP contribution in [0.2, 0.25) is 0 Å². The number of β-lactam (4-membered cyclic amide) rings is 1. The van der Waals surface area contributed by atoms with E-state index >= 15 is 0 Å². The average Bonchev–Trinajstić information content (AvgIpc) is 2.94. The Morgan fingerprint density at radius 3 is 2.11 bits per heavy atom. The van der Waals surface area contributed by atoms with Crippen molar-refractivity contribution in [3.05, 3.63) is 114 Å². The van der Waals surface area contributed by atoms with Gasteiger partial charge >= 0.3 is 5.97 Å². The number of amides is 2. The molecule has 0 aromatic heterocycles. The molecule has 8 nitrogen and oxygen atoms in total. The summed E-state index contributed by atoms with van der Waals surface area (Å²) in [5, 5.41) is 12.7. The fourth-order valence-electron chi connectivity index (χ4n) is 4.22. The molecule has 0 aliphatic carbocycles. The predicted octanol–water partition coefficient (Wildman–Crippen LogP) is 3.57. The van der Waals surface area contributed by atoms with Crippen molar-refractivity contribution in [2.45, 2.75) is 17.5 Å². The third-order valence-electron chi connectivity index (χ3n) is 6.00. The molecule has 0 bridgehead atoms. The molecule has 0 unspecified atom stereocenters. The first-order valence-electron chi connectivity index (χ1n) is 11.7. The van der Waals surface area contributed by atoms with Crippen molar-refractivity contribution in [2.24, 2.45) is 0 Å². The van der Waals surface area contributed by atoms with E-state index in [1.54, 1.807) is 24.3 Å². The van der Waals surface area contributed by atoms with Crippen LogP contribution in [-0.4, -0.2) is 51.6 Å². The Morgan fingerprint density at radius 2 is 1.51 bits per heavy atom. The zero-order valence-electron chi connectivity index (χ0n) is 19.7. The Hall–Kier alpha value is -4.24. The first kappa shape index (κ1) is 24.5. The molecule has 2 atom stereocenters.